The fourth-order valence-electron chi connectivity index (χ4n) is 1.50. The lowest BCUT2D eigenvalue weighted by Gasteiger charge is -1.96. The fourth-order valence-corrected chi connectivity index (χ4v) is 3.40. The van der Waals surface area contributed by atoms with Gasteiger partial charge in [0.05, 0.1) is 5.69 Å². The molecule has 1 aromatic heterocycles. The summed E-state index contributed by atoms with van der Waals surface area (Å²) >= 11 is 5.92. The van der Waals surface area contributed by atoms with Gasteiger partial charge in [0.25, 0.3) is 9.05 Å². The number of hydrogen-bond donors (Lipinski definition) is 0. The van der Waals surface area contributed by atoms with Crippen molar-refractivity contribution in [1.82, 2.24) is 9.78 Å². The Hall–Kier alpha value is -0.260. The first-order chi connectivity index (χ1) is 6.95. The second-order valence-electron chi connectivity index (χ2n) is 3.53. The molecule has 1 heterocycles. The molecule has 0 spiro atoms. The van der Waals surface area contributed by atoms with E-state index in [9.17, 15) is 8.42 Å². The quantitative estimate of drug-likeness (QED) is 0.791. The molecular formula is C8H10Cl2N2O2S. The van der Waals surface area contributed by atoms with Crippen LogP contribution in [0.5, 0.6) is 0 Å². The minimum Gasteiger partial charge on any atom is -0.253 e. The van der Waals surface area contributed by atoms with Crippen LogP contribution in [-0.4, -0.2) is 18.2 Å². The van der Waals surface area contributed by atoms with Crippen molar-refractivity contribution in [3.8, 4) is 0 Å². The van der Waals surface area contributed by atoms with Crippen LogP contribution in [0.4, 0.5) is 0 Å². The summed E-state index contributed by atoms with van der Waals surface area (Å²) in [6.45, 7) is 2.38. The van der Waals surface area contributed by atoms with Crippen molar-refractivity contribution in [2.75, 3.05) is 0 Å². The predicted molar refractivity (Wildman–Crippen MR) is 57.9 cm³/mol. The number of halogens is 2. The standard InChI is InChI=1S/C8H10Cl2N2O2S/c1-2-12-8(9)7(15(10,13)14)6(11-12)5-3-4-5/h5H,2-4H2,1H3. The minimum absolute atomic E-state index is 0.00446. The lowest BCUT2D eigenvalue weighted by atomic mass is 10.3. The third-order valence-corrected chi connectivity index (χ3v) is 4.23. The van der Waals surface area contributed by atoms with Gasteiger partial charge in [-0.05, 0) is 19.8 Å². The van der Waals surface area contributed by atoms with Crippen LogP contribution in [0.1, 0.15) is 31.4 Å². The minimum atomic E-state index is -3.80. The molecule has 7 heteroatoms. The van der Waals surface area contributed by atoms with Crippen LogP contribution >= 0.6 is 22.3 Å². The van der Waals surface area contributed by atoms with Crippen LogP contribution in [0.2, 0.25) is 5.15 Å². The van der Waals surface area contributed by atoms with Crippen LogP contribution in [0, 0.1) is 0 Å². The first kappa shape index (κ1) is 11.2. The van der Waals surface area contributed by atoms with Crippen LogP contribution in [0.15, 0.2) is 4.90 Å². The normalized spacial score (nSPS) is 17.0. The Bertz CT molecular complexity index is 491. The predicted octanol–water partition coefficient (Wildman–Crippen LogP) is 2.36. The highest BCUT2D eigenvalue weighted by atomic mass is 35.7. The van der Waals surface area contributed by atoms with Gasteiger partial charge in [0.1, 0.15) is 10.0 Å². The van der Waals surface area contributed by atoms with E-state index < -0.39 is 9.05 Å². The van der Waals surface area contributed by atoms with E-state index in [1.807, 2.05) is 6.92 Å². The molecule has 15 heavy (non-hydrogen) atoms. The number of aromatic nitrogens is 2. The SMILES string of the molecule is CCn1nc(C2CC2)c(S(=O)(=O)Cl)c1Cl. The molecule has 0 saturated heterocycles. The highest BCUT2D eigenvalue weighted by molar-refractivity contribution is 8.13. The van der Waals surface area contributed by atoms with E-state index in [0.717, 1.165) is 12.8 Å². The maximum absolute atomic E-state index is 11.4. The molecule has 0 N–H and O–H groups in total. The van der Waals surface area contributed by atoms with E-state index in [2.05, 4.69) is 5.10 Å². The molecule has 4 nitrogen and oxygen atoms in total. The summed E-state index contributed by atoms with van der Waals surface area (Å²) in [7, 11) is 1.54. The van der Waals surface area contributed by atoms with E-state index in [-0.39, 0.29) is 16.0 Å². The number of aryl methyl sites for hydroxylation is 1. The average Bonchev–Trinajstić information content (AvgIpc) is 2.88. The van der Waals surface area contributed by atoms with E-state index >= 15 is 0 Å². The number of hydrogen-bond acceptors (Lipinski definition) is 3. The van der Waals surface area contributed by atoms with E-state index in [1.165, 1.54) is 4.68 Å². The van der Waals surface area contributed by atoms with Gasteiger partial charge in [-0.1, -0.05) is 11.6 Å². The Morgan fingerprint density at radius 2 is 2.13 bits per heavy atom. The maximum atomic E-state index is 11.4. The van der Waals surface area contributed by atoms with Gasteiger partial charge in [0.2, 0.25) is 0 Å². The van der Waals surface area contributed by atoms with E-state index in [0.29, 0.717) is 12.2 Å². The summed E-state index contributed by atoms with van der Waals surface area (Å²) in [4.78, 5) is -0.00446. The molecule has 84 valence electrons. The molecule has 2 rings (SSSR count). The van der Waals surface area contributed by atoms with Gasteiger partial charge in [-0.15, -0.1) is 0 Å². The maximum Gasteiger partial charge on any atom is 0.266 e. The summed E-state index contributed by atoms with van der Waals surface area (Å²) in [5.41, 5.74) is 0.525. The van der Waals surface area contributed by atoms with Gasteiger partial charge in [-0.2, -0.15) is 5.10 Å². The number of rotatable bonds is 3. The van der Waals surface area contributed by atoms with Crippen molar-refractivity contribution in [3.05, 3.63) is 10.8 Å². The zero-order valence-electron chi connectivity index (χ0n) is 8.07. The summed E-state index contributed by atoms with van der Waals surface area (Å²) < 4.78 is 24.2. The van der Waals surface area contributed by atoms with Gasteiger partial charge >= 0.3 is 0 Å². The largest absolute Gasteiger partial charge is 0.266 e. The Kier molecular flexibility index (Phi) is 2.73. The van der Waals surface area contributed by atoms with Gasteiger partial charge < -0.3 is 0 Å². The molecule has 1 fully saturated rings. The van der Waals surface area contributed by atoms with Crippen molar-refractivity contribution in [1.29, 1.82) is 0 Å². The lowest BCUT2D eigenvalue weighted by Crippen LogP contribution is -1.96. The van der Waals surface area contributed by atoms with Crippen molar-refractivity contribution >= 4 is 31.3 Å². The van der Waals surface area contributed by atoms with Crippen molar-refractivity contribution in [2.24, 2.45) is 0 Å². The molecule has 0 aromatic carbocycles. The van der Waals surface area contributed by atoms with Gasteiger partial charge in [0, 0.05) is 23.1 Å². The van der Waals surface area contributed by atoms with Crippen molar-refractivity contribution < 1.29 is 8.42 Å². The van der Waals surface area contributed by atoms with Crippen LogP contribution in [-0.2, 0) is 15.6 Å². The third-order valence-electron chi connectivity index (χ3n) is 2.38. The van der Waals surface area contributed by atoms with Gasteiger partial charge in [0.15, 0.2) is 0 Å². The Labute approximate surface area is 97.6 Å². The highest BCUT2D eigenvalue weighted by Gasteiger charge is 2.35. The summed E-state index contributed by atoms with van der Waals surface area (Å²) in [5.74, 6) is 0.207. The molecule has 0 amide bonds. The Morgan fingerprint density at radius 3 is 2.53 bits per heavy atom. The molecule has 0 bridgehead atoms. The average molecular weight is 269 g/mol. The topological polar surface area (TPSA) is 52.0 Å². The second-order valence-corrected chi connectivity index (χ2v) is 6.39. The molecule has 1 aliphatic carbocycles. The molecule has 0 aliphatic heterocycles. The van der Waals surface area contributed by atoms with Gasteiger partial charge in [-0.3, -0.25) is 4.68 Å². The molecule has 0 radical (unpaired) electrons. The molecule has 1 aromatic rings. The highest BCUT2D eigenvalue weighted by Crippen LogP contribution is 2.44. The third kappa shape index (κ3) is 2.00. The monoisotopic (exact) mass is 268 g/mol. The molecule has 0 atom stereocenters. The number of nitrogens with zero attached hydrogens (tertiary/aromatic N) is 2. The second kappa shape index (κ2) is 3.64. The van der Waals surface area contributed by atoms with Gasteiger partial charge in [-0.25, -0.2) is 8.42 Å². The Balaban J connectivity index is 2.63. The van der Waals surface area contributed by atoms with E-state index in [1.54, 1.807) is 0 Å². The van der Waals surface area contributed by atoms with Crippen LogP contribution in [0.3, 0.4) is 0 Å². The zero-order valence-corrected chi connectivity index (χ0v) is 10.4. The molecule has 0 unspecified atom stereocenters. The first-order valence-electron chi connectivity index (χ1n) is 4.66. The zero-order chi connectivity index (χ0) is 11.2. The van der Waals surface area contributed by atoms with Crippen LogP contribution in [0.25, 0.3) is 0 Å². The lowest BCUT2D eigenvalue weighted by molar-refractivity contribution is 0.608. The van der Waals surface area contributed by atoms with Crippen LogP contribution < -0.4 is 0 Å². The molecule has 1 aliphatic rings. The summed E-state index contributed by atoms with van der Waals surface area (Å²) in [6.07, 6.45) is 1.91. The van der Waals surface area contributed by atoms with Crippen molar-refractivity contribution in [3.63, 3.8) is 0 Å². The Morgan fingerprint density at radius 1 is 1.53 bits per heavy atom. The van der Waals surface area contributed by atoms with E-state index in [4.69, 9.17) is 22.3 Å². The summed E-state index contributed by atoms with van der Waals surface area (Å²) in [5, 5.41) is 4.30. The van der Waals surface area contributed by atoms with Crippen molar-refractivity contribution in [2.45, 2.75) is 37.1 Å². The first-order valence-corrected chi connectivity index (χ1v) is 7.34. The molecular weight excluding hydrogens is 259 g/mol. The smallest absolute Gasteiger partial charge is 0.253 e. The fraction of sp³-hybridized carbons (Fsp3) is 0.625. The molecule has 1 saturated carbocycles. The summed E-state index contributed by atoms with van der Waals surface area (Å²) in [6, 6.07) is 0.